The molecule has 0 radical (unpaired) electrons. The molecule has 3 nitrogen and oxygen atoms in total. The normalized spacial score (nSPS) is 22.9. The maximum Gasteiger partial charge on any atom is 0.223 e. The molecule has 3 atom stereocenters. The summed E-state index contributed by atoms with van der Waals surface area (Å²) in [6.45, 7) is 2.85. The van der Waals surface area contributed by atoms with Crippen LogP contribution in [0, 0.1) is 5.92 Å². The van der Waals surface area contributed by atoms with Crippen LogP contribution in [0.15, 0.2) is 35.2 Å². The highest BCUT2D eigenvalue weighted by molar-refractivity contribution is 8.00. The molecule has 1 aromatic carbocycles. The van der Waals surface area contributed by atoms with Crippen LogP contribution in [-0.2, 0) is 4.79 Å². The van der Waals surface area contributed by atoms with Gasteiger partial charge < -0.3 is 11.1 Å². The van der Waals surface area contributed by atoms with Gasteiger partial charge in [0.1, 0.15) is 0 Å². The Bertz CT molecular complexity index is 416. The average molecular weight is 315 g/mol. The van der Waals surface area contributed by atoms with Crippen molar-refractivity contribution in [3.05, 3.63) is 30.3 Å². The van der Waals surface area contributed by atoms with E-state index in [4.69, 9.17) is 5.73 Å². The van der Waals surface area contributed by atoms with Crippen LogP contribution in [0.2, 0.25) is 0 Å². The minimum atomic E-state index is 0. The Morgan fingerprint density at radius 3 is 2.70 bits per heavy atom. The Morgan fingerprint density at radius 1 is 1.40 bits per heavy atom. The Morgan fingerprint density at radius 2 is 2.10 bits per heavy atom. The number of carbonyl (C=O) groups excluding carboxylic acids is 1. The fraction of sp³-hybridized carbons (Fsp3) is 0.533. The van der Waals surface area contributed by atoms with Crippen molar-refractivity contribution in [1.29, 1.82) is 0 Å². The molecule has 1 aliphatic carbocycles. The maximum atomic E-state index is 12.0. The fourth-order valence-electron chi connectivity index (χ4n) is 2.42. The maximum absolute atomic E-state index is 12.0. The Balaban J connectivity index is 0.00000200. The van der Waals surface area contributed by atoms with E-state index in [1.807, 2.05) is 18.2 Å². The summed E-state index contributed by atoms with van der Waals surface area (Å²) in [7, 11) is 0. The van der Waals surface area contributed by atoms with Crippen molar-refractivity contribution in [3.63, 3.8) is 0 Å². The van der Waals surface area contributed by atoms with E-state index in [1.165, 1.54) is 4.90 Å². The van der Waals surface area contributed by atoms with Crippen LogP contribution >= 0.6 is 24.2 Å². The summed E-state index contributed by atoms with van der Waals surface area (Å²) in [5.74, 6) is 0.303. The number of nitrogens with two attached hydrogens (primary N) is 1. The number of benzene rings is 1. The smallest absolute Gasteiger partial charge is 0.223 e. The molecular formula is C15H23ClN2OS. The third-order valence-electron chi connectivity index (χ3n) is 3.49. The third kappa shape index (κ3) is 5.35. The minimum absolute atomic E-state index is 0. The summed E-state index contributed by atoms with van der Waals surface area (Å²) in [5.41, 5.74) is 5.84. The van der Waals surface area contributed by atoms with Crippen LogP contribution in [0.1, 0.15) is 26.2 Å². The second-order valence-electron chi connectivity index (χ2n) is 5.26. The molecule has 20 heavy (non-hydrogen) atoms. The molecule has 0 bridgehead atoms. The van der Waals surface area contributed by atoms with Gasteiger partial charge in [-0.1, -0.05) is 25.1 Å². The number of amides is 1. The van der Waals surface area contributed by atoms with E-state index in [0.29, 0.717) is 11.8 Å². The first kappa shape index (κ1) is 17.3. The largest absolute Gasteiger partial charge is 0.355 e. The van der Waals surface area contributed by atoms with Gasteiger partial charge in [-0.05, 0) is 31.4 Å². The molecule has 0 aromatic heterocycles. The highest BCUT2D eigenvalue weighted by Crippen LogP contribution is 2.25. The van der Waals surface area contributed by atoms with Crippen molar-refractivity contribution in [1.82, 2.24) is 5.32 Å². The molecule has 5 heteroatoms. The lowest BCUT2D eigenvalue weighted by Gasteiger charge is -2.15. The molecule has 0 saturated heterocycles. The summed E-state index contributed by atoms with van der Waals surface area (Å²) in [6.07, 6.45) is 2.76. The Kier molecular flexibility index (Phi) is 7.41. The number of thioether (sulfide) groups is 1. The molecule has 112 valence electrons. The standard InChI is InChI=1S/C15H22N2OS.ClH/c1-11(19-14-5-3-2-4-6-14)10-17-15(18)12-7-8-13(16)9-12;/h2-6,11-13H,7-10,16H2,1H3,(H,17,18);1H. The van der Waals surface area contributed by atoms with E-state index >= 15 is 0 Å². The molecular weight excluding hydrogens is 292 g/mol. The van der Waals surface area contributed by atoms with Gasteiger partial charge in [0.2, 0.25) is 5.91 Å². The van der Waals surface area contributed by atoms with Gasteiger partial charge in [0.05, 0.1) is 0 Å². The van der Waals surface area contributed by atoms with E-state index in [2.05, 4.69) is 24.4 Å². The molecule has 0 spiro atoms. The number of rotatable bonds is 5. The van der Waals surface area contributed by atoms with Crippen molar-refractivity contribution in [2.24, 2.45) is 11.7 Å². The van der Waals surface area contributed by atoms with Crippen LogP contribution in [0.25, 0.3) is 0 Å². The van der Waals surface area contributed by atoms with Gasteiger partial charge in [-0.3, -0.25) is 4.79 Å². The topological polar surface area (TPSA) is 55.1 Å². The van der Waals surface area contributed by atoms with Gasteiger partial charge in [0.25, 0.3) is 0 Å². The summed E-state index contributed by atoms with van der Waals surface area (Å²) >= 11 is 1.79. The summed E-state index contributed by atoms with van der Waals surface area (Å²) < 4.78 is 0. The summed E-state index contributed by atoms with van der Waals surface area (Å²) in [6, 6.07) is 10.5. The van der Waals surface area contributed by atoms with E-state index in [9.17, 15) is 4.79 Å². The number of hydrogen-bond acceptors (Lipinski definition) is 3. The fourth-order valence-corrected chi connectivity index (χ4v) is 3.36. The minimum Gasteiger partial charge on any atom is -0.355 e. The molecule has 1 aromatic rings. The first-order valence-electron chi connectivity index (χ1n) is 6.90. The average Bonchev–Trinajstić information content (AvgIpc) is 2.84. The molecule has 2 rings (SSSR count). The molecule has 0 heterocycles. The van der Waals surface area contributed by atoms with Gasteiger partial charge in [-0.15, -0.1) is 24.2 Å². The summed E-state index contributed by atoms with van der Waals surface area (Å²) in [5, 5.41) is 3.43. The predicted molar refractivity (Wildman–Crippen MR) is 87.3 cm³/mol. The van der Waals surface area contributed by atoms with Gasteiger partial charge in [0, 0.05) is 28.6 Å². The van der Waals surface area contributed by atoms with E-state index in [1.54, 1.807) is 11.8 Å². The molecule has 1 saturated carbocycles. The van der Waals surface area contributed by atoms with Crippen LogP contribution < -0.4 is 11.1 Å². The van der Waals surface area contributed by atoms with Gasteiger partial charge in [-0.2, -0.15) is 0 Å². The highest BCUT2D eigenvalue weighted by atomic mass is 35.5. The van der Waals surface area contributed by atoms with Crippen LogP contribution in [-0.4, -0.2) is 23.7 Å². The lowest BCUT2D eigenvalue weighted by molar-refractivity contribution is -0.124. The van der Waals surface area contributed by atoms with Gasteiger partial charge in [0.15, 0.2) is 0 Å². The predicted octanol–water partition coefficient (Wildman–Crippen LogP) is 2.83. The SMILES string of the molecule is CC(CNC(=O)C1CCC(N)C1)Sc1ccccc1.Cl. The van der Waals surface area contributed by atoms with E-state index < -0.39 is 0 Å². The number of carbonyl (C=O) groups is 1. The first-order chi connectivity index (χ1) is 9.15. The van der Waals surface area contributed by atoms with Crippen molar-refractivity contribution in [3.8, 4) is 0 Å². The van der Waals surface area contributed by atoms with E-state index in [-0.39, 0.29) is 30.3 Å². The molecule has 1 amide bonds. The van der Waals surface area contributed by atoms with Crippen molar-refractivity contribution >= 4 is 30.1 Å². The van der Waals surface area contributed by atoms with Crippen LogP contribution in [0.4, 0.5) is 0 Å². The molecule has 1 aliphatic rings. The summed E-state index contributed by atoms with van der Waals surface area (Å²) in [4.78, 5) is 13.2. The van der Waals surface area contributed by atoms with Crippen LogP contribution in [0.5, 0.6) is 0 Å². The third-order valence-corrected chi connectivity index (χ3v) is 4.60. The van der Waals surface area contributed by atoms with Crippen molar-refractivity contribution < 1.29 is 4.79 Å². The monoisotopic (exact) mass is 314 g/mol. The Labute approximate surface area is 131 Å². The van der Waals surface area contributed by atoms with Gasteiger partial charge in [-0.25, -0.2) is 0 Å². The zero-order valence-corrected chi connectivity index (χ0v) is 13.4. The van der Waals surface area contributed by atoms with Crippen molar-refractivity contribution in [2.75, 3.05) is 6.54 Å². The number of hydrogen-bond donors (Lipinski definition) is 2. The molecule has 3 N–H and O–H groups in total. The van der Waals surface area contributed by atoms with Crippen LogP contribution in [0.3, 0.4) is 0 Å². The molecule has 0 aliphatic heterocycles. The first-order valence-corrected chi connectivity index (χ1v) is 7.78. The number of halogens is 1. The molecule has 1 fully saturated rings. The number of nitrogens with one attached hydrogen (secondary N) is 1. The quantitative estimate of drug-likeness (QED) is 0.822. The lowest BCUT2D eigenvalue weighted by Crippen LogP contribution is -2.34. The zero-order valence-electron chi connectivity index (χ0n) is 11.7. The zero-order chi connectivity index (χ0) is 13.7. The Hall–Kier alpha value is -0.710. The lowest BCUT2D eigenvalue weighted by atomic mass is 10.1. The van der Waals surface area contributed by atoms with Crippen molar-refractivity contribution in [2.45, 2.75) is 42.4 Å². The van der Waals surface area contributed by atoms with Gasteiger partial charge >= 0.3 is 0 Å². The second-order valence-corrected chi connectivity index (χ2v) is 6.77. The second kappa shape index (κ2) is 8.55. The van der Waals surface area contributed by atoms with E-state index in [0.717, 1.165) is 19.3 Å². The molecule has 3 unspecified atom stereocenters. The highest BCUT2D eigenvalue weighted by Gasteiger charge is 2.27.